The zero-order valence-corrected chi connectivity index (χ0v) is 19.9. The Kier molecular flexibility index (Phi) is 7.15. The van der Waals surface area contributed by atoms with E-state index in [1.54, 1.807) is 36.4 Å². The fourth-order valence-electron chi connectivity index (χ4n) is 3.67. The Morgan fingerprint density at radius 1 is 0.889 bits per heavy atom. The van der Waals surface area contributed by atoms with Gasteiger partial charge in [0.05, 0.1) is 27.8 Å². The molecule has 36 heavy (non-hydrogen) atoms. The number of carbonyl (C=O) groups excluding carboxylic acids is 1. The van der Waals surface area contributed by atoms with Crippen LogP contribution in [0.4, 0.5) is 5.69 Å². The number of carboxylic acids is 1. The average molecular weight is 489 g/mol. The number of nitrogens with zero attached hydrogens (tertiary/aromatic N) is 3. The van der Waals surface area contributed by atoms with E-state index in [0.29, 0.717) is 40.0 Å². The summed E-state index contributed by atoms with van der Waals surface area (Å²) in [6.07, 6.45) is -0.103. The third kappa shape index (κ3) is 4.97. The summed E-state index contributed by atoms with van der Waals surface area (Å²) >= 11 is 0. The molecule has 0 saturated carbocycles. The largest absolute Gasteiger partial charge is 0.493 e. The summed E-state index contributed by atoms with van der Waals surface area (Å²) in [6.45, 7) is 0. The standard InChI is InChI=1S/C26H24N4O6/c1-34-20-14-13-19(22(35-2)23(20)36-3)30-25(17-7-5-4-6-8-17)28-24(29-30)26(33)27-18-11-9-16(10-12-18)15-21(31)32/h4-14H,15H2,1-3H3,(H,27,33)(H,31,32). The second-order valence-electron chi connectivity index (χ2n) is 7.61. The summed E-state index contributed by atoms with van der Waals surface area (Å²) in [4.78, 5) is 28.5. The number of ether oxygens (including phenoxy) is 3. The van der Waals surface area contributed by atoms with Crippen molar-refractivity contribution in [3.8, 4) is 34.3 Å². The maximum atomic E-state index is 13.1. The van der Waals surface area contributed by atoms with Gasteiger partial charge in [-0.2, -0.15) is 0 Å². The van der Waals surface area contributed by atoms with E-state index in [4.69, 9.17) is 19.3 Å². The summed E-state index contributed by atoms with van der Waals surface area (Å²) in [7, 11) is 4.53. The fraction of sp³-hybridized carbons (Fsp3) is 0.154. The molecule has 0 unspecified atom stereocenters. The van der Waals surface area contributed by atoms with E-state index in [9.17, 15) is 9.59 Å². The van der Waals surface area contributed by atoms with Crippen molar-refractivity contribution >= 4 is 17.6 Å². The van der Waals surface area contributed by atoms with Gasteiger partial charge < -0.3 is 24.6 Å². The Bertz CT molecular complexity index is 1380. The van der Waals surface area contributed by atoms with Gasteiger partial charge in [-0.05, 0) is 29.8 Å². The van der Waals surface area contributed by atoms with Gasteiger partial charge in [0.15, 0.2) is 17.3 Å². The summed E-state index contributed by atoms with van der Waals surface area (Å²) in [6, 6.07) is 19.3. The van der Waals surface area contributed by atoms with Crippen LogP contribution in [-0.2, 0) is 11.2 Å². The van der Waals surface area contributed by atoms with E-state index in [2.05, 4.69) is 15.4 Å². The van der Waals surface area contributed by atoms with Crippen LogP contribution in [0.15, 0.2) is 66.7 Å². The molecule has 184 valence electrons. The van der Waals surface area contributed by atoms with Gasteiger partial charge in [-0.25, -0.2) is 9.67 Å². The number of benzene rings is 3. The molecule has 0 saturated heterocycles. The molecule has 0 bridgehead atoms. The molecule has 0 atom stereocenters. The van der Waals surface area contributed by atoms with Crippen LogP contribution in [0.25, 0.3) is 17.1 Å². The zero-order valence-electron chi connectivity index (χ0n) is 19.9. The first-order valence-corrected chi connectivity index (χ1v) is 10.9. The smallest absolute Gasteiger partial charge is 0.307 e. The second-order valence-corrected chi connectivity index (χ2v) is 7.61. The van der Waals surface area contributed by atoms with Gasteiger partial charge >= 0.3 is 5.97 Å². The number of amides is 1. The van der Waals surface area contributed by atoms with Crippen molar-refractivity contribution in [2.45, 2.75) is 6.42 Å². The summed E-state index contributed by atoms with van der Waals surface area (Å²) in [5.74, 6) is 0.100. The number of hydrogen-bond acceptors (Lipinski definition) is 7. The van der Waals surface area contributed by atoms with E-state index < -0.39 is 11.9 Å². The molecule has 0 aliphatic carbocycles. The number of rotatable bonds is 9. The topological polar surface area (TPSA) is 125 Å². The lowest BCUT2D eigenvalue weighted by molar-refractivity contribution is -0.136. The van der Waals surface area contributed by atoms with E-state index in [1.165, 1.54) is 26.0 Å². The first-order chi connectivity index (χ1) is 17.4. The van der Waals surface area contributed by atoms with E-state index >= 15 is 0 Å². The van der Waals surface area contributed by atoms with E-state index in [0.717, 1.165) is 5.56 Å². The number of hydrogen-bond donors (Lipinski definition) is 2. The lowest BCUT2D eigenvalue weighted by atomic mass is 10.1. The predicted octanol–water partition coefficient (Wildman–Crippen LogP) is 3.84. The molecule has 1 heterocycles. The van der Waals surface area contributed by atoms with Gasteiger partial charge in [-0.1, -0.05) is 42.5 Å². The molecule has 0 radical (unpaired) electrons. The number of carboxylic acid groups (broad SMARTS) is 1. The average Bonchev–Trinajstić information content (AvgIpc) is 3.34. The number of aliphatic carboxylic acids is 1. The van der Waals surface area contributed by atoms with Crippen LogP contribution < -0.4 is 19.5 Å². The lowest BCUT2D eigenvalue weighted by Gasteiger charge is -2.16. The van der Waals surface area contributed by atoms with Gasteiger partial charge in [0.2, 0.25) is 11.6 Å². The third-order valence-electron chi connectivity index (χ3n) is 5.32. The molecule has 0 aliphatic heterocycles. The molecule has 2 N–H and O–H groups in total. The molecule has 3 aromatic carbocycles. The first kappa shape index (κ1) is 24.3. The Balaban J connectivity index is 1.75. The van der Waals surface area contributed by atoms with Crippen LogP contribution in [0.2, 0.25) is 0 Å². The lowest BCUT2D eigenvalue weighted by Crippen LogP contribution is -2.14. The second kappa shape index (κ2) is 10.6. The van der Waals surface area contributed by atoms with Crippen molar-refractivity contribution in [3.05, 3.63) is 78.1 Å². The molecule has 10 heteroatoms. The van der Waals surface area contributed by atoms with Crippen molar-refractivity contribution in [2.24, 2.45) is 0 Å². The normalized spacial score (nSPS) is 10.5. The quantitative estimate of drug-likeness (QED) is 0.364. The highest BCUT2D eigenvalue weighted by Gasteiger charge is 2.24. The van der Waals surface area contributed by atoms with Crippen molar-refractivity contribution in [1.82, 2.24) is 14.8 Å². The Labute approximate surface area is 207 Å². The number of nitrogens with one attached hydrogen (secondary N) is 1. The first-order valence-electron chi connectivity index (χ1n) is 10.9. The fourth-order valence-corrected chi connectivity index (χ4v) is 3.67. The van der Waals surface area contributed by atoms with Gasteiger partial charge in [0, 0.05) is 11.3 Å². The molecule has 10 nitrogen and oxygen atoms in total. The van der Waals surface area contributed by atoms with Gasteiger partial charge in [-0.3, -0.25) is 9.59 Å². The van der Waals surface area contributed by atoms with Crippen LogP contribution in [0, 0.1) is 0 Å². The molecule has 0 fully saturated rings. The molecule has 4 aromatic rings. The number of anilines is 1. The van der Waals surface area contributed by atoms with Crippen molar-refractivity contribution in [3.63, 3.8) is 0 Å². The van der Waals surface area contributed by atoms with Crippen LogP contribution in [0.5, 0.6) is 17.2 Å². The highest BCUT2D eigenvalue weighted by atomic mass is 16.5. The number of aromatic nitrogens is 3. The number of methoxy groups -OCH3 is 3. The van der Waals surface area contributed by atoms with Gasteiger partial charge in [0.1, 0.15) is 5.69 Å². The van der Waals surface area contributed by atoms with Gasteiger partial charge in [0.25, 0.3) is 5.91 Å². The van der Waals surface area contributed by atoms with E-state index in [1.807, 2.05) is 30.3 Å². The molecule has 1 aromatic heterocycles. The molecule has 0 spiro atoms. The highest BCUT2D eigenvalue weighted by molar-refractivity contribution is 6.01. The number of carbonyl (C=O) groups is 2. The Hall–Kier alpha value is -4.86. The van der Waals surface area contributed by atoms with Crippen molar-refractivity contribution in [1.29, 1.82) is 0 Å². The van der Waals surface area contributed by atoms with Crippen molar-refractivity contribution < 1.29 is 28.9 Å². The minimum atomic E-state index is -0.930. The monoisotopic (exact) mass is 488 g/mol. The minimum Gasteiger partial charge on any atom is -0.493 e. The zero-order chi connectivity index (χ0) is 25.7. The van der Waals surface area contributed by atoms with Crippen LogP contribution in [-0.4, -0.2) is 53.1 Å². The predicted molar refractivity (Wildman–Crippen MR) is 132 cm³/mol. The minimum absolute atomic E-state index is 0.0692. The van der Waals surface area contributed by atoms with Gasteiger partial charge in [-0.15, -0.1) is 5.10 Å². The molecule has 4 rings (SSSR count). The summed E-state index contributed by atoms with van der Waals surface area (Å²) in [5, 5.41) is 16.2. The maximum absolute atomic E-state index is 13.1. The molecular formula is C26H24N4O6. The van der Waals surface area contributed by atoms with E-state index in [-0.39, 0.29) is 12.2 Å². The van der Waals surface area contributed by atoms with Crippen molar-refractivity contribution in [2.75, 3.05) is 26.6 Å². The SMILES string of the molecule is COc1ccc(-n2nc(C(=O)Nc3ccc(CC(=O)O)cc3)nc2-c2ccccc2)c(OC)c1OC. The Morgan fingerprint density at radius 3 is 2.19 bits per heavy atom. The van der Waals surface area contributed by atoms with Crippen LogP contribution >= 0.6 is 0 Å². The van der Waals surface area contributed by atoms with Crippen LogP contribution in [0.3, 0.4) is 0 Å². The highest BCUT2D eigenvalue weighted by Crippen LogP contribution is 2.42. The summed E-state index contributed by atoms with van der Waals surface area (Å²) < 4.78 is 18.0. The molecular weight excluding hydrogens is 464 g/mol. The maximum Gasteiger partial charge on any atom is 0.307 e. The third-order valence-corrected chi connectivity index (χ3v) is 5.32. The molecule has 0 aliphatic rings. The van der Waals surface area contributed by atoms with Crippen LogP contribution in [0.1, 0.15) is 16.2 Å². The molecule has 1 amide bonds. The summed E-state index contributed by atoms with van der Waals surface area (Å²) in [5.41, 5.74) is 2.34. The Morgan fingerprint density at radius 2 is 1.58 bits per heavy atom.